The molecule has 0 N–H and O–H groups in total. The molecule has 14 aromatic carbocycles. The maximum Gasteiger partial charge on any atom is 0.200 e. The minimum absolute atomic E-state index is 0.00668. The molecule has 0 fully saturated rings. The summed E-state index contributed by atoms with van der Waals surface area (Å²) in [5.41, 5.74) is -8.21. The Bertz CT molecular complexity index is 5230. The van der Waals surface area contributed by atoms with E-state index in [1.54, 1.807) is 0 Å². The van der Waals surface area contributed by atoms with E-state index < -0.39 is 155 Å². The molecule has 15 rings (SSSR count). The molecular weight excluding hydrogens is 1300 g/mol. The molecule has 0 saturated heterocycles. The highest BCUT2D eigenvalue weighted by Gasteiger charge is 2.48. The van der Waals surface area contributed by atoms with Crippen LogP contribution >= 0.6 is 0 Å². The van der Waals surface area contributed by atoms with Crippen LogP contribution in [-0.4, -0.2) is 0 Å². The topological polar surface area (TPSA) is 0 Å². The standard InChI is InChI=1S/C77H30F20/c78-57-51(58(79)66(87)73(94)65(57)86)33-21-27-37-38-28-22-34(52-59(80)67(88)74(95)68(89)60(52)81)30-48(38)77(47(37)29-33,35-23-17-31(18-24-35)49-39-9-1-5-13-43(39)53(44-14-6-2-10-40(44)49)55-61(82)69(90)75(96)70(91)62(55)83)36-25-19-32(20-26-36)50-41-11-3-7-15-45(41)54(46-16-8-4-12-42(46)50)56-63(84)71(92)76(97)72(93)64(56)85/h1-30H. The second-order valence-corrected chi connectivity index (χ2v) is 22.9. The number of rotatable bonds is 8. The van der Waals surface area contributed by atoms with Crippen molar-refractivity contribution in [1.82, 2.24) is 0 Å². The van der Waals surface area contributed by atoms with E-state index in [9.17, 15) is 17.6 Å². The SMILES string of the molecule is Fc1c(F)c(F)c(-c2ccc3c(c2)C(c2ccc(-c4c5ccccc5c(-c5c(F)c(F)c(F)c(F)c5F)c5ccccc45)cc2)(c2ccc(-c4c5ccccc5c(-c5c(F)c(F)c(F)c(F)c5F)c5ccccc45)cc2)c2cc(-c4c(F)c(F)c(F)c(F)c4F)ccc2-3)c(F)c1F. The molecule has 478 valence electrons. The summed E-state index contributed by atoms with van der Waals surface area (Å²) in [6.07, 6.45) is 0. The van der Waals surface area contributed by atoms with Gasteiger partial charge in [-0.3, -0.25) is 0 Å². The van der Waals surface area contributed by atoms with Crippen molar-refractivity contribution in [3.05, 3.63) is 321 Å². The van der Waals surface area contributed by atoms with Crippen molar-refractivity contribution in [2.75, 3.05) is 0 Å². The van der Waals surface area contributed by atoms with E-state index in [0.717, 1.165) is 24.3 Å². The summed E-state index contributed by atoms with van der Waals surface area (Å²) < 4.78 is 309. The molecule has 1 aliphatic rings. The van der Waals surface area contributed by atoms with Crippen LogP contribution in [0.1, 0.15) is 22.3 Å². The van der Waals surface area contributed by atoms with Crippen LogP contribution in [-0.2, 0) is 5.41 Å². The molecule has 0 radical (unpaired) electrons. The number of hydrogen-bond donors (Lipinski definition) is 0. The smallest absolute Gasteiger partial charge is 0.200 e. The third kappa shape index (κ3) is 8.66. The summed E-state index contributed by atoms with van der Waals surface area (Å²) in [5.74, 6) is -45.6. The van der Waals surface area contributed by atoms with E-state index in [1.807, 2.05) is 0 Å². The molecule has 0 heterocycles. The fourth-order valence-corrected chi connectivity index (χ4v) is 14.0. The third-order valence-electron chi connectivity index (χ3n) is 18.1. The summed E-state index contributed by atoms with van der Waals surface area (Å²) in [6.45, 7) is 0. The van der Waals surface area contributed by atoms with Crippen LogP contribution in [0.25, 0.3) is 121 Å². The van der Waals surface area contributed by atoms with Gasteiger partial charge in [0, 0.05) is 11.1 Å². The molecule has 0 aromatic heterocycles. The largest absolute Gasteiger partial charge is 0.203 e. The molecule has 0 bridgehead atoms. The summed E-state index contributed by atoms with van der Waals surface area (Å²) in [6, 6.07) is 42.0. The van der Waals surface area contributed by atoms with Gasteiger partial charge >= 0.3 is 0 Å². The summed E-state index contributed by atoms with van der Waals surface area (Å²) >= 11 is 0. The van der Waals surface area contributed by atoms with Gasteiger partial charge in [-0.15, -0.1) is 0 Å². The van der Waals surface area contributed by atoms with Crippen molar-refractivity contribution in [2.45, 2.75) is 5.41 Å². The molecule has 0 unspecified atom stereocenters. The lowest BCUT2D eigenvalue weighted by Gasteiger charge is -2.35. The van der Waals surface area contributed by atoms with Gasteiger partial charge in [0.15, 0.2) is 93.1 Å². The third-order valence-corrected chi connectivity index (χ3v) is 18.1. The summed E-state index contributed by atoms with van der Waals surface area (Å²) in [7, 11) is 0. The van der Waals surface area contributed by atoms with Gasteiger partial charge in [0.25, 0.3) is 0 Å². The van der Waals surface area contributed by atoms with Crippen molar-refractivity contribution in [3.63, 3.8) is 0 Å². The first-order valence-electron chi connectivity index (χ1n) is 29.0. The molecule has 0 spiro atoms. The van der Waals surface area contributed by atoms with Crippen LogP contribution in [0.4, 0.5) is 87.8 Å². The highest BCUT2D eigenvalue weighted by Crippen LogP contribution is 2.59. The number of fused-ring (bicyclic) bond motifs is 7. The van der Waals surface area contributed by atoms with Crippen molar-refractivity contribution in [3.8, 4) is 77.9 Å². The number of halogens is 20. The zero-order chi connectivity index (χ0) is 68.3. The van der Waals surface area contributed by atoms with Gasteiger partial charge in [0.1, 0.15) is 0 Å². The van der Waals surface area contributed by atoms with E-state index in [4.69, 9.17) is 0 Å². The predicted molar refractivity (Wildman–Crippen MR) is 326 cm³/mol. The second-order valence-electron chi connectivity index (χ2n) is 22.9. The van der Waals surface area contributed by atoms with Gasteiger partial charge in [-0.05, 0) is 122 Å². The second kappa shape index (κ2) is 22.4. The molecular formula is C77H30F20. The van der Waals surface area contributed by atoms with Crippen molar-refractivity contribution in [2.24, 2.45) is 0 Å². The number of benzene rings is 14. The fraction of sp³-hybridized carbons (Fsp3) is 0.0130. The Hall–Kier alpha value is -11.3. The zero-order valence-electron chi connectivity index (χ0n) is 48.4. The molecule has 1 aliphatic carbocycles. The highest BCUT2D eigenvalue weighted by molar-refractivity contribution is 6.23. The van der Waals surface area contributed by atoms with Gasteiger partial charge < -0.3 is 0 Å². The summed E-state index contributed by atoms with van der Waals surface area (Å²) in [4.78, 5) is 0. The van der Waals surface area contributed by atoms with Crippen LogP contribution in [0.2, 0.25) is 0 Å². The Morgan fingerprint density at radius 1 is 0.165 bits per heavy atom. The van der Waals surface area contributed by atoms with Crippen molar-refractivity contribution < 1.29 is 87.8 Å². The zero-order valence-corrected chi connectivity index (χ0v) is 48.4. The van der Waals surface area contributed by atoms with Crippen LogP contribution in [0.15, 0.2) is 182 Å². The Morgan fingerprint density at radius 2 is 0.361 bits per heavy atom. The monoisotopic (exact) mass is 1330 g/mol. The van der Waals surface area contributed by atoms with E-state index in [0.29, 0.717) is 11.1 Å². The average Bonchev–Trinajstić information content (AvgIpc) is 1.50. The predicted octanol–water partition coefficient (Wildman–Crippen LogP) is 23.4. The molecule has 20 heteroatoms. The van der Waals surface area contributed by atoms with Crippen LogP contribution in [0.3, 0.4) is 0 Å². The maximum absolute atomic E-state index is 16.2. The highest BCUT2D eigenvalue weighted by atomic mass is 19.2. The van der Waals surface area contributed by atoms with Crippen LogP contribution in [0.5, 0.6) is 0 Å². The van der Waals surface area contributed by atoms with E-state index >= 15 is 70.2 Å². The fourth-order valence-electron chi connectivity index (χ4n) is 14.0. The Kier molecular flexibility index (Phi) is 14.3. The quantitative estimate of drug-likeness (QED) is 0.0616. The maximum atomic E-state index is 16.2. The average molecular weight is 1340 g/mol. The normalized spacial score (nSPS) is 12.6. The molecule has 0 nitrogen and oxygen atoms in total. The van der Waals surface area contributed by atoms with Gasteiger partial charge in [-0.2, -0.15) is 0 Å². The van der Waals surface area contributed by atoms with E-state index in [1.165, 1.54) is 158 Å². The molecule has 0 atom stereocenters. The Balaban J connectivity index is 1.03. The molecule has 0 saturated carbocycles. The van der Waals surface area contributed by atoms with Gasteiger partial charge in [-0.1, -0.05) is 170 Å². The molecule has 0 amide bonds. The van der Waals surface area contributed by atoms with Gasteiger partial charge in [0.05, 0.1) is 27.7 Å². The molecule has 97 heavy (non-hydrogen) atoms. The Morgan fingerprint density at radius 3 is 0.598 bits per heavy atom. The molecule has 14 aromatic rings. The van der Waals surface area contributed by atoms with Gasteiger partial charge in [0.2, 0.25) is 23.3 Å². The lowest BCUT2D eigenvalue weighted by Crippen LogP contribution is -2.28. The minimum atomic E-state index is -2.50. The van der Waals surface area contributed by atoms with Crippen LogP contribution in [0, 0.1) is 116 Å². The minimum Gasteiger partial charge on any atom is -0.203 e. The lowest BCUT2D eigenvalue weighted by molar-refractivity contribution is 0.381. The van der Waals surface area contributed by atoms with E-state index in [-0.39, 0.29) is 98.7 Å². The van der Waals surface area contributed by atoms with Gasteiger partial charge in [-0.25, -0.2) is 87.8 Å². The first kappa shape index (κ1) is 61.9. The first-order chi connectivity index (χ1) is 46.5. The first-order valence-corrected chi connectivity index (χ1v) is 29.0. The van der Waals surface area contributed by atoms with Crippen LogP contribution < -0.4 is 0 Å². The molecule has 0 aliphatic heterocycles. The Labute approximate surface area is 532 Å². The van der Waals surface area contributed by atoms with Crippen molar-refractivity contribution >= 4 is 43.1 Å². The van der Waals surface area contributed by atoms with Crippen molar-refractivity contribution in [1.29, 1.82) is 0 Å². The number of hydrogen-bond acceptors (Lipinski definition) is 0. The summed E-state index contributed by atoms with van der Waals surface area (Å²) in [5, 5.41) is 0.733. The van der Waals surface area contributed by atoms with E-state index in [2.05, 4.69) is 0 Å². The lowest BCUT2D eigenvalue weighted by atomic mass is 9.66.